The standard InChI is InChI=1S/C17H20N2O2/c1-3-21-12-17(20)19-13(2)14-6-8-15(9-7-14)16-5-4-10-18-11-16/h4-11,13H,3,12H2,1-2H3,(H,19,20)/t13-/m0/s1. The molecule has 1 heterocycles. The van der Waals surface area contributed by atoms with Gasteiger partial charge in [0, 0.05) is 19.0 Å². The first-order valence-electron chi connectivity index (χ1n) is 7.08. The molecule has 4 nitrogen and oxygen atoms in total. The first-order chi connectivity index (χ1) is 10.2. The minimum absolute atomic E-state index is 0.0408. The van der Waals surface area contributed by atoms with Crippen LogP contribution in [0.3, 0.4) is 0 Å². The molecule has 0 aliphatic rings. The van der Waals surface area contributed by atoms with E-state index in [1.807, 2.05) is 56.4 Å². The lowest BCUT2D eigenvalue weighted by atomic mass is 10.0. The van der Waals surface area contributed by atoms with Crippen LogP contribution in [0.25, 0.3) is 11.1 Å². The number of amides is 1. The molecule has 0 aliphatic heterocycles. The average molecular weight is 284 g/mol. The third-order valence-corrected chi connectivity index (χ3v) is 3.22. The quantitative estimate of drug-likeness (QED) is 0.887. The van der Waals surface area contributed by atoms with Crippen molar-refractivity contribution in [3.05, 3.63) is 54.4 Å². The van der Waals surface area contributed by atoms with Gasteiger partial charge in [0.1, 0.15) is 6.61 Å². The Labute approximate surface area is 125 Å². The predicted molar refractivity (Wildman–Crippen MR) is 82.7 cm³/mol. The number of pyridine rings is 1. The molecule has 1 amide bonds. The van der Waals surface area contributed by atoms with Crippen LogP contribution in [0.4, 0.5) is 0 Å². The fraction of sp³-hybridized carbons (Fsp3) is 0.294. The van der Waals surface area contributed by atoms with Crippen molar-refractivity contribution in [3.8, 4) is 11.1 Å². The number of nitrogens with zero attached hydrogens (tertiary/aromatic N) is 1. The van der Waals surface area contributed by atoms with Crippen LogP contribution in [-0.2, 0) is 9.53 Å². The van der Waals surface area contributed by atoms with Crippen molar-refractivity contribution in [2.24, 2.45) is 0 Å². The number of carbonyl (C=O) groups excluding carboxylic acids is 1. The van der Waals surface area contributed by atoms with Gasteiger partial charge in [-0.2, -0.15) is 0 Å². The third kappa shape index (κ3) is 4.39. The van der Waals surface area contributed by atoms with E-state index in [0.29, 0.717) is 6.61 Å². The Morgan fingerprint density at radius 1 is 1.24 bits per heavy atom. The predicted octanol–water partition coefficient (Wildman–Crippen LogP) is 2.96. The van der Waals surface area contributed by atoms with Gasteiger partial charge in [0.05, 0.1) is 6.04 Å². The fourth-order valence-electron chi connectivity index (χ4n) is 2.06. The maximum Gasteiger partial charge on any atom is 0.246 e. The fourth-order valence-corrected chi connectivity index (χ4v) is 2.06. The molecule has 0 radical (unpaired) electrons. The van der Waals surface area contributed by atoms with Gasteiger partial charge in [-0.05, 0) is 36.6 Å². The highest BCUT2D eigenvalue weighted by Gasteiger charge is 2.09. The van der Waals surface area contributed by atoms with E-state index < -0.39 is 0 Å². The van der Waals surface area contributed by atoms with Crippen molar-refractivity contribution in [3.63, 3.8) is 0 Å². The zero-order valence-corrected chi connectivity index (χ0v) is 12.4. The molecule has 0 saturated carbocycles. The van der Waals surface area contributed by atoms with Gasteiger partial charge in [-0.15, -0.1) is 0 Å². The van der Waals surface area contributed by atoms with E-state index in [9.17, 15) is 4.79 Å². The molecule has 0 fully saturated rings. The number of hydrogen-bond acceptors (Lipinski definition) is 3. The molecule has 0 bridgehead atoms. The molecular formula is C17H20N2O2. The van der Waals surface area contributed by atoms with E-state index in [-0.39, 0.29) is 18.6 Å². The van der Waals surface area contributed by atoms with Crippen LogP contribution in [-0.4, -0.2) is 24.1 Å². The number of aromatic nitrogens is 1. The number of carbonyl (C=O) groups is 1. The van der Waals surface area contributed by atoms with Crippen molar-refractivity contribution in [1.29, 1.82) is 0 Å². The Kier molecular flexibility index (Phi) is 5.46. The lowest BCUT2D eigenvalue weighted by Gasteiger charge is -2.15. The molecule has 0 aliphatic carbocycles. The molecule has 110 valence electrons. The maximum absolute atomic E-state index is 11.6. The van der Waals surface area contributed by atoms with Crippen LogP contribution >= 0.6 is 0 Å². The number of ether oxygens (including phenoxy) is 1. The topological polar surface area (TPSA) is 51.2 Å². The van der Waals surface area contributed by atoms with Crippen molar-refractivity contribution in [2.75, 3.05) is 13.2 Å². The molecular weight excluding hydrogens is 264 g/mol. The van der Waals surface area contributed by atoms with Crippen LogP contribution in [0.1, 0.15) is 25.5 Å². The summed E-state index contributed by atoms with van der Waals surface area (Å²) < 4.78 is 5.09. The molecule has 1 N–H and O–H groups in total. The molecule has 0 unspecified atom stereocenters. The van der Waals surface area contributed by atoms with Gasteiger partial charge in [-0.25, -0.2) is 0 Å². The van der Waals surface area contributed by atoms with E-state index in [4.69, 9.17) is 4.74 Å². The molecule has 0 saturated heterocycles. The minimum Gasteiger partial charge on any atom is -0.372 e. The van der Waals surface area contributed by atoms with Crippen LogP contribution in [0, 0.1) is 0 Å². The normalized spacial score (nSPS) is 11.9. The molecule has 1 aromatic carbocycles. The van der Waals surface area contributed by atoms with Crippen molar-refractivity contribution < 1.29 is 9.53 Å². The van der Waals surface area contributed by atoms with Gasteiger partial charge in [0.2, 0.25) is 5.91 Å². The lowest BCUT2D eigenvalue weighted by Crippen LogP contribution is -2.30. The molecule has 4 heteroatoms. The summed E-state index contributed by atoms with van der Waals surface area (Å²) in [5.74, 6) is -0.0966. The summed E-state index contributed by atoms with van der Waals surface area (Å²) in [4.78, 5) is 15.7. The SMILES string of the molecule is CCOCC(=O)N[C@@H](C)c1ccc(-c2cccnc2)cc1. The highest BCUT2D eigenvalue weighted by atomic mass is 16.5. The molecule has 2 rings (SSSR count). The van der Waals surface area contributed by atoms with Gasteiger partial charge in [-0.1, -0.05) is 30.3 Å². The maximum atomic E-state index is 11.6. The Morgan fingerprint density at radius 2 is 2.00 bits per heavy atom. The van der Waals surface area contributed by atoms with E-state index in [1.165, 1.54) is 0 Å². The van der Waals surface area contributed by atoms with Crippen molar-refractivity contribution >= 4 is 5.91 Å². The van der Waals surface area contributed by atoms with Crippen LogP contribution in [0.5, 0.6) is 0 Å². The zero-order chi connectivity index (χ0) is 15.1. The van der Waals surface area contributed by atoms with Gasteiger partial charge >= 0.3 is 0 Å². The van der Waals surface area contributed by atoms with E-state index in [2.05, 4.69) is 10.3 Å². The molecule has 1 atom stereocenters. The minimum atomic E-state index is -0.0966. The summed E-state index contributed by atoms with van der Waals surface area (Å²) in [5.41, 5.74) is 3.25. The van der Waals surface area contributed by atoms with Crippen molar-refractivity contribution in [2.45, 2.75) is 19.9 Å². The van der Waals surface area contributed by atoms with Crippen LogP contribution in [0.2, 0.25) is 0 Å². The van der Waals surface area contributed by atoms with Gasteiger partial charge in [0.15, 0.2) is 0 Å². The molecule has 0 spiro atoms. The second-order valence-electron chi connectivity index (χ2n) is 4.79. The molecule has 21 heavy (non-hydrogen) atoms. The van der Waals surface area contributed by atoms with Crippen LogP contribution < -0.4 is 5.32 Å². The second-order valence-corrected chi connectivity index (χ2v) is 4.79. The average Bonchev–Trinajstić information content (AvgIpc) is 2.54. The smallest absolute Gasteiger partial charge is 0.246 e. The lowest BCUT2D eigenvalue weighted by molar-refractivity contribution is -0.126. The first kappa shape index (κ1) is 15.2. The summed E-state index contributed by atoms with van der Waals surface area (Å²) in [7, 11) is 0. The molecule has 1 aromatic heterocycles. The van der Waals surface area contributed by atoms with Crippen molar-refractivity contribution in [1.82, 2.24) is 10.3 Å². The second kappa shape index (κ2) is 7.55. The summed E-state index contributed by atoms with van der Waals surface area (Å²) >= 11 is 0. The Bertz CT molecular complexity index is 567. The summed E-state index contributed by atoms with van der Waals surface area (Å²) in [5, 5.41) is 2.91. The number of benzene rings is 1. The Balaban J connectivity index is 2.00. The highest BCUT2D eigenvalue weighted by molar-refractivity contribution is 5.77. The van der Waals surface area contributed by atoms with Crippen LogP contribution in [0.15, 0.2) is 48.8 Å². The summed E-state index contributed by atoms with van der Waals surface area (Å²) in [6.45, 7) is 4.48. The zero-order valence-electron chi connectivity index (χ0n) is 12.4. The Morgan fingerprint density at radius 3 is 2.62 bits per heavy atom. The third-order valence-electron chi connectivity index (χ3n) is 3.22. The Hall–Kier alpha value is -2.20. The number of nitrogens with one attached hydrogen (secondary N) is 1. The number of rotatable bonds is 6. The van der Waals surface area contributed by atoms with E-state index >= 15 is 0 Å². The monoisotopic (exact) mass is 284 g/mol. The summed E-state index contributed by atoms with van der Waals surface area (Å²) in [6, 6.07) is 12.0. The first-order valence-corrected chi connectivity index (χ1v) is 7.08. The van der Waals surface area contributed by atoms with Gasteiger partial charge in [-0.3, -0.25) is 9.78 Å². The summed E-state index contributed by atoms with van der Waals surface area (Å²) in [6.07, 6.45) is 3.59. The van der Waals surface area contributed by atoms with Gasteiger partial charge < -0.3 is 10.1 Å². The number of hydrogen-bond donors (Lipinski definition) is 1. The molecule has 2 aromatic rings. The van der Waals surface area contributed by atoms with Gasteiger partial charge in [0.25, 0.3) is 0 Å². The van der Waals surface area contributed by atoms with E-state index in [1.54, 1.807) is 6.20 Å². The largest absolute Gasteiger partial charge is 0.372 e. The van der Waals surface area contributed by atoms with E-state index in [0.717, 1.165) is 16.7 Å². The highest BCUT2D eigenvalue weighted by Crippen LogP contribution is 2.21.